The number of aliphatic hydroxyl groups is 1. The molecule has 0 heterocycles. The molecule has 0 bridgehead atoms. The molecule has 1 nitrogen and oxygen atoms in total. The first-order chi connectivity index (χ1) is 4.27. The second-order valence-corrected chi connectivity index (χ2v) is 2.70. The van der Waals surface area contributed by atoms with Gasteiger partial charge in [-0.3, -0.25) is 0 Å². The molecule has 0 aliphatic heterocycles. The molecule has 0 saturated heterocycles. The lowest BCUT2D eigenvalue weighted by molar-refractivity contribution is 0.180. The monoisotopic (exact) mass is 166 g/mol. The predicted molar refractivity (Wildman–Crippen MR) is 47.7 cm³/mol. The molecule has 0 aromatic rings. The Hall–Kier alpha value is 0.250. The summed E-state index contributed by atoms with van der Waals surface area (Å²) in [6.07, 6.45) is 5.93. The lowest BCUT2D eigenvalue weighted by atomic mass is 10.1. The van der Waals surface area contributed by atoms with Crippen LogP contribution in [0.15, 0.2) is 0 Å². The van der Waals surface area contributed by atoms with Crippen molar-refractivity contribution in [2.24, 2.45) is 0 Å². The van der Waals surface area contributed by atoms with E-state index in [-0.39, 0.29) is 18.5 Å². The summed E-state index contributed by atoms with van der Waals surface area (Å²) in [5, 5.41) is 8.85. The van der Waals surface area contributed by atoms with Crippen LogP contribution in [0.2, 0.25) is 0 Å². The second kappa shape index (κ2) is 9.25. The molecular weight excluding hydrogens is 148 g/mol. The largest absolute Gasteiger partial charge is 0.393 e. The van der Waals surface area contributed by atoms with Crippen LogP contribution in [0.4, 0.5) is 0 Å². The Kier molecular flexibility index (Phi) is 11.9. The SMILES string of the molecule is CCCCCCC(C)O.Cl. The zero-order chi connectivity index (χ0) is 7.11. The summed E-state index contributed by atoms with van der Waals surface area (Å²) in [5.74, 6) is 0. The van der Waals surface area contributed by atoms with E-state index in [0.717, 1.165) is 6.42 Å². The van der Waals surface area contributed by atoms with Crippen LogP contribution in [-0.4, -0.2) is 11.2 Å². The van der Waals surface area contributed by atoms with Crippen molar-refractivity contribution in [2.45, 2.75) is 52.1 Å². The number of hydrogen-bond donors (Lipinski definition) is 1. The van der Waals surface area contributed by atoms with E-state index in [4.69, 9.17) is 5.11 Å². The van der Waals surface area contributed by atoms with Crippen molar-refractivity contribution in [1.29, 1.82) is 0 Å². The molecule has 0 aromatic carbocycles. The molecule has 10 heavy (non-hydrogen) atoms. The zero-order valence-corrected chi connectivity index (χ0v) is 7.78. The van der Waals surface area contributed by atoms with Gasteiger partial charge in [-0.25, -0.2) is 0 Å². The molecule has 0 fully saturated rings. The van der Waals surface area contributed by atoms with E-state index in [9.17, 15) is 0 Å². The van der Waals surface area contributed by atoms with Gasteiger partial charge in [0.05, 0.1) is 6.10 Å². The molecule has 1 unspecified atom stereocenters. The minimum atomic E-state index is -0.0955. The maximum Gasteiger partial charge on any atom is 0.0512 e. The van der Waals surface area contributed by atoms with E-state index in [2.05, 4.69) is 6.92 Å². The van der Waals surface area contributed by atoms with Crippen LogP contribution in [0.5, 0.6) is 0 Å². The first-order valence-corrected chi connectivity index (χ1v) is 3.95. The summed E-state index contributed by atoms with van der Waals surface area (Å²) in [4.78, 5) is 0. The summed E-state index contributed by atoms with van der Waals surface area (Å²) in [6, 6.07) is 0. The molecule has 1 N–H and O–H groups in total. The predicted octanol–water partition coefficient (Wildman–Crippen LogP) is 2.76. The molecule has 2 heteroatoms. The van der Waals surface area contributed by atoms with Crippen LogP contribution in [-0.2, 0) is 0 Å². The number of rotatable bonds is 5. The van der Waals surface area contributed by atoms with Crippen molar-refractivity contribution in [1.82, 2.24) is 0 Å². The second-order valence-electron chi connectivity index (χ2n) is 2.70. The van der Waals surface area contributed by atoms with Crippen LogP contribution < -0.4 is 0 Å². The summed E-state index contributed by atoms with van der Waals surface area (Å²) in [7, 11) is 0. The van der Waals surface area contributed by atoms with Crippen molar-refractivity contribution in [2.75, 3.05) is 0 Å². The molecule has 0 aliphatic carbocycles. The Morgan fingerprint density at radius 2 is 1.80 bits per heavy atom. The van der Waals surface area contributed by atoms with Gasteiger partial charge in [-0.2, -0.15) is 0 Å². The first-order valence-electron chi connectivity index (χ1n) is 3.95. The highest BCUT2D eigenvalue weighted by molar-refractivity contribution is 5.85. The molecule has 64 valence electrons. The van der Waals surface area contributed by atoms with Gasteiger partial charge < -0.3 is 5.11 Å². The molecule has 0 rings (SSSR count). The van der Waals surface area contributed by atoms with Gasteiger partial charge in [-0.1, -0.05) is 32.6 Å². The molecule has 0 spiro atoms. The molecule has 0 saturated carbocycles. The standard InChI is InChI=1S/C8H18O.ClH/c1-3-4-5-6-7-8(2)9;/h8-9H,3-7H2,1-2H3;1H. The van der Waals surface area contributed by atoms with Crippen LogP contribution in [0, 0.1) is 0 Å². The minimum absolute atomic E-state index is 0. The van der Waals surface area contributed by atoms with Gasteiger partial charge in [-0.15, -0.1) is 12.4 Å². The Bertz CT molecular complexity index is 55.2. The molecule has 0 aromatic heterocycles. The number of unbranched alkanes of at least 4 members (excludes halogenated alkanes) is 3. The molecular formula is C8H19ClO. The average molecular weight is 167 g/mol. The smallest absolute Gasteiger partial charge is 0.0512 e. The van der Waals surface area contributed by atoms with Gasteiger partial charge in [0.25, 0.3) is 0 Å². The third-order valence-electron chi connectivity index (χ3n) is 1.48. The van der Waals surface area contributed by atoms with Gasteiger partial charge in [-0.05, 0) is 13.3 Å². The third-order valence-corrected chi connectivity index (χ3v) is 1.48. The van der Waals surface area contributed by atoms with Crippen LogP contribution >= 0.6 is 12.4 Å². The molecule has 1 atom stereocenters. The van der Waals surface area contributed by atoms with E-state index >= 15 is 0 Å². The van der Waals surface area contributed by atoms with Crippen molar-refractivity contribution in [3.05, 3.63) is 0 Å². The zero-order valence-electron chi connectivity index (χ0n) is 6.97. The van der Waals surface area contributed by atoms with E-state index in [1.54, 1.807) is 0 Å². The van der Waals surface area contributed by atoms with E-state index in [1.807, 2.05) is 6.92 Å². The van der Waals surface area contributed by atoms with Crippen LogP contribution in [0.3, 0.4) is 0 Å². The fourth-order valence-electron chi connectivity index (χ4n) is 0.867. The highest BCUT2D eigenvalue weighted by Crippen LogP contribution is 2.04. The minimum Gasteiger partial charge on any atom is -0.393 e. The van der Waals surface area contributed by atoms with Gasteiger partial charge >= 0.3 is 0 Å². The summed E-state index contributed by atoms with van der Waals surface area (Å²) >= 11 is 0. The number of halogens is 1. The van der Waals surface area contributed by atoms with Gasteiger partial charge in [0.2, 0.25) is 0 Å². The lowest BCUT2D eigenvalue weighted by Crippen LogP contribution is -1.97. The van der Waals surface area contributed by atoms with Crippen molar-refractivity contribution in [3.63, 3.8) is 0 Å². The third kappa shape index (κ3) is 11.1. The maximum atomic E-state index is 8.85. The molecule has 0 aliphatic rings. The summed E-state index contributed by atoms with van der Waals surface area (Å²) in [5.41, 5.74) is 0. The van der Waals surface area contributed by atoms with E-state index in [1.165, 1.54) is 25.7 Å². The van der Waals surface area contributed by atoms with Crippen LogP contribution in [0.1, 0.15) is 46.0 Å². The Morgan fingerprint density at radius 1 is 1.20 bits per heavy atom. The van der Waals surface area contributed by atoms with E-state index < -0.39 is 0 Å². The van der Waals surface area contributed by atoms with Crippen molar-refractivity contribution in [3.8, 4) is 0 Å². The Labute approximate surface area is 70.2 Å². The highest BCUT2D eigenvalue weighted by Gasteiger charge is 1.93. The Morgan fingerprint density at radius 3 is 2.20 bits per heavy atom. The fraction of sp³-hybridized carbons (Fsp3) is 1.00. The van der Waals surface area contributed by atoms with E-state index in [0.29, 0.717) is 0 Å². The topological polar surface area (TPSA) is 20.2 Å². The maximum absolute atomic E-state index is 8.85. The lowest BCUT2D eigenvalue weighted by Gasteiger charge is -2.01. The number of hydrogen-bond acceptors (Lipinski definition) is 1. The summed E-state index contributed by atoms with van der Waals surface area (Å²) in [6.45, 7) is 4.05. The van der Waals surface area contributed by atoms with Gasteiger partial charge in [0, 0.05) is 0 Å². The first kappa shape index (κ1) is 12.9. The van der Waals surface area contributed by atoms with Crippen LogP contribution in [0.25, 0.3) is 0 Å². The van der Waals surface area contributed by atoms with Crippen molar-refractivity contribution >= 4 is 12.4 Å². The fourth-order valence-corrected chi connectivity index (χ4v) is 0.867. The quantitative estimate of drug-likeness (QED) is 0.623. The highest BCUT2D eigenvalue weighted by atomic mass is 35.5. The average Bonchev–Trinajstić information content (AvgIpc) is 1.80. The summed E-state index contributed by atoms with van der Waals surface area (Å²) < 4.78 is 0. The normalized spacial score (nSPS) is 12.3. The Balaban J connectivity index is 0. The van der Waals surface area contributed by atoms with Crippen molar-refractivity contribution < 1.29 is 5.11 Å². The van der Waals surface area contributed by atoms with Gasteiger partial charge in [0.1, 0.15) is 0 Å². The van der Waals surface area contributed by atoms with Gasteiger partial charge in [0.15, 0.2) is 0 Å². The number of aliphatic hydroxyl groups excluding tert-OH is 1. The molecule has 0 radical (unpaired) electrons. The molecule has 0 amide bonds.